The maximum absolute atomic E-state index is 9.44. The molecule has 0 radical (unpaired) electrons. The van der Waals surface area contributed by atoms with Crippen molar-refractivity contribution in [3.05, 3.63) is 212 Å². The van der Waals surface area contributed by atoms with Crippen LogP contribution >= 0.6 is 0 Å². The van der Waals surface area contributed by atoms with Crippen LogP contribution in [0.5, 0.6) is 0 Å². The molecule has 0 saturated heterocycles. The van der Waals surface area contributed by atoms with E-state index in [-0.39, 0.29) is 7.43 Å². The normalized spacial score (nSPS) is 11.8. The maximum Gasteiger partial charge on any atom is 0.0995 e. The molecular weight excluding hydrogens is 1070 g/mol. The van der Waals surface area contributed by atoms with E-state index >= 15 is 0 Å². The molecule has 0 amide bonds. The van der Waals surface area contributed by atoms with Crippen LogP contribution in [0.15, 0.2) is 146 Å². The second-order valence-electron chi connectivity index (χ2n) is 23.9. The van der Waals surface area contributed by atoms with Gasteiger partial charge >= 0.3 is 0 Å². The summed E-state index contributed by atoms with van der Waals surface area (Å²) < 4.78 is 0. The maximum atomic E-state index is 9.44. The van der Waals surface area contributed by atoms with Crippen LogP contribution in [0, 0.1) is 96.3 Å². The summed E-state index contributed by atoms with van der Waals surface area (Å²) in [5.74, 6) is 0. The fourth-order valence-electron chi connectivity index (χ4n) is 14.2. The Morgan fingerprint density at radius 1 is 0.261 bits per heavy atom. The molecule has 0 fully saturated rings. The molecule has 416 valence electrons. The molecule has 18 rings (SSSR count). The molecule has 0 aliphatic heterocycles. The first-order valence-electron chi connectivity index (χ1n) is 29.3. The highest BCUT2D eigenvalue weighted by molar-refractivity contribution is 6.36. The zero-order valence-electron chi connectivity index (χ0n) is 49.4. The Bertz CT molecular complexity index is 6140. The van der Waals surface area contributed by atoms with E-state index in [9.17, 15) is 15.8 Å². The summed E-state index contributed by atoms with van der Waals surface area (Å²) >= 11 is 0. The molecule has 18 aromatic rings. The van der Waals surface area contributed by atoms with Crippen molar-refractivity contribution in [2.24, 2.45) is 0 Å². The predicted octanol–water partition coefficient (Wildman–Crippen LogP) is 20.1. The molecule has 0 atom stereocenters. The number of aryl methyl sites for hydroxylation is 9. The number of hydrogen-bond acceptors (Lipinski definition) is 9. The van der Waals surface area contributed by atoms with E-state index in [1.54, 1.807) is 0 Å². The third kappa shape index (κ3) is 7.62. The van der Waals surface area contributed by atoms with Crippen molar-refractivity contribution in [3.8, 4) is 18.2 Å². The molecule has 3 heterocycles. The van der Waals surface area contributed by atoms with Crippen molar-refractivity contribution in [2.45, 2.75) is 69.7 Å². The number of nitrogens with zero attached hydrogens (tertiary/aromatic N) is 9. The monoisotopic (exact) mass is 1130 g/mol. The highest BCUT2D eigenvalue weighted by atomic mass is 14.8. The molecule has 9 heteroatoms. The Balaban J connectivity index is 0.000000110. The molecule has 0 aliphatic carbocycles. The van der Waals surface area contributed by atoms with E-state index in [4.69, 9.17) is 29.9 Å². The van der Waals surface area contributed by atoms with Gasteiger partial charge in [-0.05, 0) is 226 Å². The first-order chi connectivity index (χ1) is 42.2. The van der Waals surface area contributed by atoms with Gasteiger partial charge in [0.25, 0.3) is 0 Å². The Morgan fingerprint density at radius 2 is 0.545 bits per heavy atom. The van der Waals surface area contributed by atoms with Crippen LogP contribution in [0.3, 0.4) is 0 Å². The fraction of sp³-hybridized carbons (Fsp3) is 0.127. The van der Waals surface area contributed by atoms with Gasteiger partial charge in [0.05, 0.1) is 101 Å². The fourth-order valence-corrected chi connectivity index (χ4v) is 14.2. The third-order valence-electron chi connectivity index (χ3n) is 18.6. The second-order valence-corrected chi connectivity index (χ2v) is 23.9. The van der Waals surface area contributed by atoms with Gasteiger partial charge in [-0.25, -0.2) is 29.9 Å². The number of fused-ring (bicyclic) bond motifs is 12. The molecule has 0 bridgehead atoms. The van der Waals surface area contributed by atoms with Crippen LogP contribution in [-0.4, -0.2) is 29.9 Å². The first kappa shape index (κ1) is 53.4. The highest BCUT2D eigenvalue weighted by Gasteiger charge is 2.22. The molecule has 9 nitrogen and oxygen atoms in total. The van der Waals surface area contributed by atoms with Gasteiger partial charge in [0.2, 0.25) is 0 Å². The number of rotatable bonds is 0. The smallest absolute Gasteiger partial charge is 0.0995 e. The minimum atomic E-state index is 0. The first-order valence-corrected chi connectivity index (χ1v) is 29.3. The lowest BCUT2D eigenvalue weighted by molar-refractivity contribution is 1.36. The summed E-state index contributed by atoms with van der Waals surface area (Å²) in [5.41, 5.74) is 22.6. The molecule has 88 heavy (non-hydrogen) atoms. The summed E-state index contributed by atoms with van der Waals surface area (Å²) in [6.45, 7) is 18.8. The lowest BCUT2D eigenvalue weighted by Gasteiger charge is -2.18. The Kier molecular flexibility index (Phi) is 11.8. The summed E-state index contributed by atoms with van der Waals surface area (Å²) in [7, 11) is 0. The number of hydrogen-bond donors (Lipinski definition) is 0. The summed E-state index contributed by atoms with van der Waals surface area (Å²) in [5, 5.41) is 50.2. The van der Waals surface area contributed by atoms with Gasteiger partial charge in [-0.1, -0.05) is 104 Å². The minimum absolute atomic E-state index is 0. The lowest BCUT2D eigenvalue weighted by atomic mass is 9.87. The van der Waals surface area contributed by atoms with Crippen LogP contribution in [0.2, 0.25) is 0 Å². The number of benzene rings is 15. The van der Waals surface area contributed by atoms with Crippen LogP contribution in [0.1, 0.15) is 74.2 Å². The predicted molar refractivity (Wildman–Crippen MR) is 366 cm³/mol. The van der Waals surface area contributed by atoms with Crippen molar-refractivity contribution >= 4 is 163 Å². The van der Waals surface area contributed by atoms with E-state index < -0.39 is 0 Å². The Labute approximate surface area is 506 Å². The molecule has 3 aromatic heterocycles. The van der Waals surface area contributed by atoms with Crippen LogP contribution in [0.25, 0.3) is 163 Å². The summed E-state index contributed by atoms with van der Waals surface area (Å²) in [6.07, 6.45) is 0. The van der Waals surface area contributed by atoms with Gasteiger partial charge in [-0.15, -0.1) is 0 Å². The van der Waals surface area contributed by atoms with Gasteiger partial charge in [0.1, 0.15) is 0 Å². The van der Waals surface area contributed by atoms with E-state index in [0.717, 1.165) is 115 Å². The average molecular weight is 1130 g/mol. The Hall–Kier alpha value is -11.3. The molecular formula is C79H55N9. The highest BCUT2D eigenvalue weighted by Crippen LogP contribution is 2.46. The van der Waals surface area contributed by atoms with Crippen LogP contribution in [0.4, 0.5) is 0 Å². The van der Waals surface area contributed by atoms with E-state index in [2.05, 4.69) is 169 Å². The lowest BCUT2D eigenvalue weighted by Crippen LogP contribution is -1.96. The molecule has 15 aromatic carbocycles. The minimum Gasteiger partial charge on any atom is -0.244 e. The van der Waals surface area contributed by atoms with E-state index in [1.807, 2.05) is 57.2 Å². The molecule has 0 saturated carbocycles. The van der Waals surface area contributed by atoms with Crippen molar-refractivity contribution in [2.75, 3.05) is 0 Å². The van der Waals surface area contributed by atoms with Gasteiger partial charge in [-0.2, -0.15) is 15.8 Å². The van der Waals surface area contributed by atoms with Crippen molar-refractivity contribution in [1.82, 2.24) is 29.9 Å². The zero-order chi connectivity index (χ0) is 59.6. The average Bonchev–Trinajstić information content (AvgIpc) is 0.743. The van der Waals surface area contributed by atoms with Crippen molar-refractivity contribution < 1.29 is 0 Å². The number of nitriles is 3. The standard InChI is InChI=1S/3C26H17N3.CH4/c1-13-4-6-19-23-17(13)8-9-18-14(2)5-7-20(24(18)23)26-25(19)28-21-10-15(3)16(12-27)11-22(21)29-26;1-13-10-21-22(11-16(13)12-27)29-26-20-9-5-7-18-15(3)14(2)17-6-4-8-19(25(26)28-21)23(17)24(18)20;1-13-6-16-4-5-17-7-14(2)9-20-24(17)23(16)19(8-13)25-26(20)29-22-11-18(12-27)15(3)10-21(22)28-25;/h3*4-11H,1-3H3;1H4. The molecule has 0 spiro atoms. The van der Waals surface area contributed by atoms with E-state index in [1.165, 1.54) is 98.0 Å². The van der Waals surface area contributed by atoms with Gasteiger partial charge in [-0.3, -0.25) is 0 Å². The van der Waals surface area contributed by atoms with Gasteiger partial charge < -0.3 is 0 Å². The van der Waals surface area contributed by atoms with Gasteiger partial charge in [0, 0.05) is 32.3 Å². The molecule has 0 unspecified atom stereocenters. The number of aromatic nitrogens is 6. The summed E-state index contributed by atoms with van der Waals surface area (Å²) in [6, 6.07) is 57.7. The molecule has 0 N–H and O–H groups in total. The summed E-state index contributed by atoms with van der Waals surface area (Å²) in [4.78, 5) is 30.2. The van der Waals surface area contributed by atoms with E-state index in [0.29, 0.717) is 16.7 Å². The quantitative estimate of drug-likeness (QED) is 0.107. The van der Waals surface area contributed by atoms with Gasteiger partial charge in [0.15, 0.2) is 0 Å². The molecule has 0 aliphatic rings. The largest absolute Gasteiger partial charge is 0.244 e. The zero-order valence-corrected chi connectivity index (χ0v) is 49.4. The topological polar surface area (TPSA) is 149 Å². The Morgan fingerprint density at radius 3 is 0.886 bits per heavy atom. The van der Waals surface area contributed by atoms with Crippen LogP contribution < -0.4 is 0 Å². The SMILES string of the molecule is C.Cc1cc2ccc3cc(C)cc4c5nc6cc(C#N)c(C)cc6nc5c(c1)c2c34.Cc1cc2nc3c4ccc(C)c5ccc6c(C)ccc(c3nc2cc1C#N)c6c54.Cc1cc2nc3c4cccc5c(C)c(C)c6cccc(c3nc2cc1C#N)c6c54. The third-order valence-corrected chi connectivity index (χ3v) is 18.6. The van der Waals surface area contributed by atoms with Crippen molar-refractivity contribution in [3.63, 3.8) is 0 Å². The van der Waals surface area contributed by atoms with Crippen LogP contribution in [-0.2, 0) is 0 Å². The van der Waals surface area contributed by atoms with Crippen molar-refractivity contribution in [1.29, 1.82) is 15.8 Å². The second kappa shape index (κ2) is 19.4.